The third-order valence-corrected chi connectivity index (χ3v) is 8.46. The van der Waals surface area contributed by atoms with E-state index < -0.39 is 22.5 Å². The van der Waals surface area contributed by atoms with Gasteiger partial charge in [0.25, 0.3) is 15.9 Å². The number of benzene rings is 3. The van der Waals surface area contributed by atoms with Gasteiger partial charge in [0.15, 0.2) is 0 Å². The van der Waals surface area contributed by atoms with Gasteiger partial charge in [-0.2, -0.15) is 5.10 Å². The summed E-state index contributed by atoms with van der Waals surface area (Å²) in [6.07, 6.45) is 2.39. The molecule has 4 rings (SSSR count). The molecule has 0 aliphatic rings. The van der Waals surface area contributed by atoms with Gasteiger partial charge in [0.1, 0.15) is 6.54 Å². The lowest BCUT2D eigenvalue weighted by atomic mass is 10.1. The van der Waals surface area contributed by atoms with E-state index in [1.165, 1.54) is 12.1 Å². The van der Waals surface area contributed by atoms with Gasteiger partial charge in [-0.15, -0.1) is 0 Å². The van der Waals surface area contributed by atoms with Crippen molar-refractivity contribution in [3.63, 3.8) is 0 Å². The summed E-state index contributed by atoms with van der Waals surface area (Å²) in [5, 5.41) is 4.13. The van der Waals surface area contributed by atoms with E-state index in [1.54, 1.807) is 36.5 Å². The summed E-state index contributed by atoms with van der Waals surface area (Å²) in [5.74, 6) is -0.555. The largest absolute Gasteiger partial charge is 0.318 e. The van der Waals surface area contributed by atoms with Gasteiger partial charge in [-0.25, -0.2) is 13.8 Å². The fourth-order valence-corrected chi connectivity index (χ4v) is 6.03. The molecule has 3 aromatic carbocycles. The minimum Gasteiger partial charge on any atom is -0.318 e. The van der Waals surface area contributed by atoms with Gasteiger partial charge in [0, 0.05) is 27.1 Å². The SMILES string of the molecule is CCc1ccc(N(CC(=O)N/N=C\c2cc(C)n(-c3cccc(Br)c3)c2C)S(=O)(=O)c2ccccc2)cc1. The standard InChI is InChI=1S/C29H29BrN4O3S/c1-4-23-13-15-26(16-14-23)33(38(36,37)28-11-6-5-7-12-28)20-29(35)32-31-19-24-17-21(2)34(22(24)3)27-10-8-9-25(30)18-27/h5-19H,4,20H2,1-3H3,(H,32,35)/b31-19-. The number of aromatic nitrogens is 1. The predicted octanol–water partition coefficient (Wildman–Crippen LogP) is 5.76. The maximum atomic E-state index is 13.5. The molecule has 1 N–H and O–H groups in total. The molecular formula is C29H29BrN4O3S. The Morgan fingerprint density at radius 1 is 1.00 bits per heavy atom. The Kier molecular flexibility index (Phi) is 8.48. The molecule has 0 fully saturated rings. The zero-order valence-electron chi connectivity index (χ0n) is 21.4. The van der Waals surface area contributed by atoms with Crippen LogP contribution in [0.5, 0.6) is 0 Å². The number of carbonyl (C=O) groups is 1. The lowest BCUT2D eigenvalue weighted by Crippen LogP contribution is -2.39. The Hall–Kier alpha value is -3.69. The highest BCUT2D eigenvalue weighted by Crippen LogP contribution is 2.25. The van der Waals surface area contributed by atoms with Crippen LogP contribution < -0.4 is 9.73 Å². The predicted molar refractivity (Wildman–Crippen MR) is 155 cm³/mol. The van der Waals surface area contributed by atoms with Crippen LogP contribution in [0.15, 0.2) is 99.4 Å². The van der Waals surface area contributed by atoms with Crippen molar-refractivity contribution in [3.05, 3.63) is 112 Å². The quantitative estimate of drug-likeness (QED) is 0.198. The van der Waals surface area contributed by atoms with E-state index in [2.05, 4.69) is 31.0 Å². The molecule has 0 aliphatic heterocycles. The van der Waals surface area contributed by atoms with E-state index in [1.807, 2.05) is 63.2 Å². The summed E-state index contributed by atoms with van der Waals surface area (Å²) in [6, 6.07) is 25.2. The number of sulfonamides is 1. The van der Waals surface area contributed by atoms with Crippen LogP contribution in [0.3, 0.4) is 0 Å². The molecule has 0 aliphatic carbocycles. The summed E-state index contributed by atoms with van der Waals surface area (Å²) >= 11 is 3.51. The van der Waals surface area contributed by atoms with Crippen molar-refractivity contribution in [1.82, 2.24) is 9.99 Å². The highest BCUT2D eigenvalue weighted by molar-refractivity contribution is 9.10. The monoisotopic (exact) mass is 592 g/mol. The van der Waals surface area contributed by atoms with Crippen molar-refractivity contribution >= 4 is 43.8 Å². The molecule has 0 radical (unpaired) electrons. The maximum Gasteiger partial charge on any atom is 0.264 e. The molecule has 1 aromatic heterocycles. The van der Waals surface area contributed by atoms with Gasteiger partial charge in [0.05, 0.1) is 16.8 Å². The number of anilines is 1. The number of rotatable bonds is 9. The van der Waals surface area contributed by atoms with E-state index in [9.17, 15) is 13.2 Å². The summed E-state index contributed by atoms with van der Waals surface area (Å²) < 4.78 is 31.1. The van der Waals surface area contributed by atoms with Crippen molar-refractivity contribution < 1.29 is 13.2 Å². The first-order chi connectivity index (χ1) is 18.2. The van der Waals surface area contributed by atoms with Crippen LogP contribution in [-0.2, 0) is 21.2 Å². The number of carbonyl (C=O) groups excluding carboxylic acids is 1. The second kappa shape index (κ2) is 11.8. The van der Waals surface area contributed by atoms with Crippen LogP contribution in [0.4, 0.5) is 5.69 Å². The summed E-state index contributed by atoms with van der Waals surface area (Å²) in [7, 11) is -3.98. The van der Waals surface area contributed by atoms with Crippen LogP contribution in [0.25, 0.3) is 5.69 Å². The number of nitrogens with one attached hydrogen (secondary N) is 1. The van der Waals surface area contributed by atoms with Crippen LogP contribution >= 0.6 is 15.9 Å². The lowest BCUT2D eigenvalue weighted by Gasteiger charge is -2.24. The fourth-order valence-electron chi connectivity index (χ4n) is 4.20. The number of hydrazone groups is 1. The Bertz CT molecular complexity index is 1560. The molecule has 0 unspecified atom stereocenters. The van der Waals surface area contributed by atoms with Gasteiger partial charge in [-0.05, 0) is 74.4 Å². The molecule has 0 saturated heterocycles. The molecule has 1 amide bonds. The number of nitrogens with zero attached hydrogens (tertiary/aromatic N) is 3. The molecule has 38 heavy (non-hydrogen) atoms. The van der Waals surface area contributed by atoms with Gasteiger partial charge < -0.3 is 4.57 Å². The smallest absolute Gasteiger partial charge is 0.264 e. The van der Waals surface area contributed by atoms with E-state index in [4.69, 9.17) is 0 Å². The average molecular weight is 594 g/mol. The number of amides is 1. The van der Waals surface area contributed by atoms with Gasteiger partial charge in [0.2, 0.25) is 0 Å². The molecule has 1 heterocycles. The topological polar surface area (TPSA) is 83.8 Å². The molecule has 0 spiro atoms. The third-order valence-electron chi connectivity index (χ3n) is 6.18. The van der Waals surface area contributed by atoms with Crippen LogP contribution in [0.1, 0.15) is 29.4 Å². The third kappa shape index (κ3) is 6.06. The molecule has 0 saturated carbocycles. The van der Waals surface area contributed by atoms with E-state index in [0.29, 0.717) is 5.69 Å². The number of hydrogen-bond acceptors (Lipinski definition) is 4. The maximum absolute atomic E-state index is 13.5. The summed E-state index contributed by atoms with van der Waals surface area (Å²) in [5.41, 5.74) is 7.79. The first-order valence-corrected chi connectivity index (χ1v) is 14.4. The number of hydrogen-bond donors (Lipinski definition) is 1. The number of halogens is 1. The molecule has 9 heteroatoms. The first-order valence-electron chi connectivity index (χ1n) is 12.1. The lowest BCUT2D eigenvalue weighted by molar-refractivity contribution is -0.119. The Morgan fingerprint density at radius 3 is 2.37 bits per heavy atom. The van der Waals surface area contributed by atoms with E-state index in [0.717, 1.165) is 43.4 Å². The van der Waals surface area contributed by atoms with Crippen molar-refractivity contribution in [2.75, 3.05) is 10.8 Å². The highest BCUT2D eigenvalue weighted by atomic mass is 79.9. The van der Waals surface area contributed by atoms with Gasteiger partial charge in [-0.3, -0.25) is 9.10 Å². The Balaban J connectivity index is 1.55. The van der Waals surface area contributed by atoms with E-state index >= 15 is 0 Å². The summed E-state index contributed by atoms with van der Waals surface area (Å²) in [6.45, 7) is 5.58. The Labute approximate surface area is 232 Å². The van der Waals surface area contributed by atoms with Crippen molar-refractivity contribution in [3.8, 4) is 5.69 Å². The molecule has 4 aromatic rings. The minimum absolute atomic E-state index is 0.107. The van der Waals surface area contributed by atoms with E-state index in [-0.39, 0.29) is 4.90 Å². The van der Waals surface area contributed by atoms with Crippen LogP contribution in [0, 0.1) is 13.8 Å². The zero-order chi connectivity index (χ0) is 27.3. The molecule has 0 atom stereocenters. The van der Waals surface area contributed by atoms with Gasteiger partial charge in [-0.1, -0.05) is 59.3 Å². The molecule has 196 valence electrons. The molecule has 7 nitrogen and oxygen atoms in total. The van der Waals surface area contributed by atoms with Crippen molar-refractivity contribution in [2.24, 2.45) is 5.10 Å². The van der Waals surface area contributed by atoms with Crippen molar-refractivity contribution in [1.29, 1.82) is 0 Å². The molecular weight excluding hydrogens is 564 g/mol. The normalized spacial score (nSPS) is 11.6. The average Bonchev–Trinajstić information content (AvgIpc) is 3.20. The highest BCUT2D eigenvalue weighted by Gasteiger charge is 2.27. The van der Waals surface area contributed by atoms with Gasteiger partial charge >= 0.3 is 0 Å². The second-order valence-electron chi connectivity index (χ2n) is 8.78. The minimum atomic E-state index is -3.98. The second-order valence-corrected chi connectivity index (χ2v) is 11.6. The Morgan fingerprint density at radius 2 is 1.71 bits per heavy atom. The number of aryl methyl sites for hydroxylation is 2. The first kappa shape index (κ1) is 27.3. The van der Waals surface area contributed by atoms with Crippen molar-refractivity contribution in [2.45, 2.75) is 32.1 Å². The molecule has 0 bridgehead atoms. The fraction of sp³-hybridized carbons (Fsp3) is 0.172. The summed E-state index contributed by atoms with van der Waals surface area (Å²) in [4.78, 5) is 13.0. The van der Waals surface area contributed by atoms with Crippen LogP contribution in [-0.4, -0.2) is 31.7 Å². The van der Waals surface area contributed by atoms with Crippen LogP contribution in [0.2, 0.25) is 0 Å². The zero-order valence-corrected chi connectivity index (χ0v) is 23.8.